The first-order chi connectivity index (χ1) is 17.6. The van der Waals surface area contributed by atoms with E-state index in [2.05, 4.69) is 15.4 Å². The average molecular weight is 524 g/mol. The lowest BCUT2D eigenvalue weighted by atomic mass is 10.0. The van der Waals surface area contributed by atoms with Gasteiger partial charge in [0.15, 0.2) is 11.3 Å². The lowest BCUT2D eigenvalue weighted by Gasteiger charge is -2.26. The number of carbonyl (C=O) groups is 1. The molecule has 9 nitrogen and oxygen atoms in total. The Morgan fingerprint density at radius 1 is 1.03 bits per heavy atom. The molecule has 0 atom stereocenters. The van der Waals surface area contributed by atoms with Gasteiger partial charge in [0, 0.05) is 30.2 Å². The Hall–Kier alpha value is -3.67. The SMILES string of the molecule is Cc1cc(C)n2nc(C(=O)Nc3ccc(F)cc3)c(-c3ccc(C)c(S(=O)(=O)N4CCOCC4)c3)c2n1. The molecule has 4 aromatic rings. The van der Waals surface area contributed by atoms with Crippen molar-refractivity contribution < 1.29 is 22.3 Å². The Kier molecular flexibility index (Phi) is 6.52. The number of carbonyl (C=O) groups excluding carboxylic acids is 1. The summed E-state index contributed by atoms with van der Waals surface area (Å²) in [6, 6.07) is 12.3. The Bertz CT molecular complexity index is 1610. The number of aromatic nitrogens is 3. The fourth-order valence-electron chi connectivity index (χ4n) is 4.43. The van der Waals surface area contributed by atoms with Gasteiger partial charge in [0.25, 0.3) is 5.91 Å². The number of rotatable bonds is 5. The molecule has 0 saturated carbocycles. The molecule has 2 aromatic heterocycles. The van der Waals surface area contributed by atoms with E-state index in [0.29, 0.717) is 41.2 Å². The highest BCUT2D eigenvalue weighted by Crippen LogP contribution is 2.33. The third-order valence-corrected chi connectivity index (χ3v) is 8.32. The van der Waals surface area contributed by atoms with Crippen LogP contribution in [0.3, 0.4) is 0 Å². The van der Waals surface area contributed by atoms with Crippen molar-refractivity contribution in [3.63, 3.8) is 0 Å². The topological polar surface area (TPSA) is 106 Å². The van der Waals surface area contributed by atoms with Gasteiger partial charge in [-0.3, -0.25) is 4.79 Å². The van der Waals surface area contributed by atoms with E-state index in [-0.39, 0.29) is 23.7 Å². The summed E-state index contributed by atoms with van der Waals surface area (Å²) in [5.41, 5.74) is 3.88. The molecule has 5 rings (SSSR count). The molecule has 192 valence electrons. The maximum atomic E-state index is 13.5. The third kappa shape index (κ3) is 4.73. The number of sulfonamides is 1. The third-order valence-electron chi connectivity index (χ3n) is 6.28. The Morgan fingerprint density at radius 3 is 2.43 bits per heavy atom. The van der Waals surface area contributed by atoms with Crippen LogP contribution in [-0.4, -0.2) is 59.5 Å². The molecule has 2 aromatic carbocycles. The predicted octanol–water partition coefficient (Wildman–Crippen LogP) is 3.73. The fraction of sp³-hybridized carbons (Fsp3) is 0.269. The van der Waals surface area contributed by atoms with Crippen LogP contribution in [0.15, 0.2) is 53.4 Å². The van der Waals surface area contributed by atoms with Crippen molar-refractivity contribution in [1.29, 1.82) is 0 Å². The molecule has 1 N–H and O–H groups in total. The van der Waals surface area contributed by atoms with Crippen molar-refractivity contribution in [3.05, 3.63) is 77.0 Å². The molecule has 1 aliphatic heterocycles. The molecule has 0 spiro atoms. The van der Waals surface area contributed by atoms with E-state index < -0.39 is 21.7 Å². The van der Waals surface area contributed by atoms with Gasteiger partial charge in [0.1, 0.15) is 5.82 Å². The molecule has 3 heterocycles. The zero-order valence-corrected chi connectivity index (χ0v) is 21.5. The number of amides is 1. The molecule has 1 aliphatic rings. The van der Waals surface area contributed by atoms with Crippen LogP contribution in [0.4, 0.5) is 10.1 Å². The molecule has 11 heteroatoms. The van der Waals surface area contributed by atoms with Crippen LogP contribution < -0.4 is 5.32 Å². The highest BCUT2D eigenvalue weighted by molar-refractivity contribution is 7.89. The van der Waals surface area contributed by atoms with Gasteiger partial charge in [-0.15, -0.1) is 0 Å². The number of hydrogen-bond acceptors (Lipinski definition) is 6. The quantitative estimate of drug-likeness (QED) is 0.427. The van der Waals surface area contributed by atoms with Crippen molar-refractivity contribution in [1.82, 2.24) is 18.9 Å². The van der Waals surface area contributed by atoms with Gasteiger partial charge < -0.3 is 10.1 Å². The zero-order valence-electron chi connectivity index (χ0n) is 20.7. The Labute approximate surface area is 213 Å². The van der Waals surface area contributed by atoms with E-state index in [1.807, 2.05) is 19.9 Å². The number of fused-ring (bicyclic) bond motifs is 1. The number of hydrogen-bond donors (Lipinski definition) is 1. The van der Waals surface area contributed by atoms with Crippen LogP contribution >= 0.6 is 0 Å². The fourth-order valence-corrected chi connectivity index (χ4v) is 6.09. The van der Waals surface area contributed by atoms with Gasteiger partial charge in [-0.1, -0.05) is 12.1 Å². The van der Waals surface area contributed by atoms with Crippen molar-refractivity contribution in [2.75, 3.05) is 31.6 Å². The number of benzene rings is 2. The highest BCUT2D eigenvalue weighted by atomic mass is 32.2. The molecular weight excluding hydrogens is 497 g/mol. The van der Waals surface area contributed by atoms with Gasteiger partial charge in [-0.25, -0.2) is 22.3 Å². The lowest BCUT2D eigenvalue weighted by molar-refractivity contribution is 0.0730. The summed E-state index contributed by atoms with van der Waals surface area (Å²) in [7, 11) is -3.79. The van der Waals surface area contributed by atoms with Gasteiger partial charge >= 0.3 is 0 Å². The number of nitrogens with zero attached hydrogens (tertiary/aromatic N) is 4. The number of ether oxygens (including phenoxy) is 1. The van der Waals surface area contributed by atoms with Crippen molar-refractivity contribution in [2.45, 2.75) is 25.7 Å². The highest BCUT2D eigenvalue weighted by Gasteiger charge is 2.30. The minimum Gasteiger partial charge on any atom is -0.379 e. The number of morpholine rings is 1. The van der Waals surface area contributed by atoms with E-state index >= 15 is 0 Å². The molecule has 37 heavy (non-hydrogen) atoms. The maximum absolute atomic E-state index is 13.5. The van der Waals surface area contributed by atoms with Crippen molar-refractivity contribution in [2.24, 2.45) is 0 Å². The van der Waals surface area contributed by atoms with Gasteiger partial charge in [0.05, 0.1) is 23.7 Å². The van der Waals surface area contributed by atoms with Crippen molar-refractivity contribution in [3.8, 4) is 11.1 Å². The summed E-state index contributed by atoms with van der Waals surface area (Å²) >= 11 is 0. The van der Waals surface area contributed by atoms with E-state index in [9.17, 15) is 17.6 Å². The van der Waals surface area contributed by atoms with Gasteiger partial charge in [-0.05, 0) is 68.3 Å². The second-order valence-electron chi connectivity index (χ2n) is 8.96. The summed E-state index contributed by atoms with van der Waals surface area (Å²) < 4.78 is 48.7. The minimum absolute atomic E-state index is 0.0732. The molecule has 0 unspecified atom stereocenters. The van der Waals surface area contributed by atoms with Crippen molar-refractivity contribution >= 4 is 27.3 Å². The van der Waals surface area contributed by atoms with Crippen LogP contribution in [0.25, 0.3) is 16.8 Å². The summed E-state index contributed by atoms with van der Waals surface area (Å²) in [4.78, 5) is 18.2. The maximum Gasteiger partial charge on any atom is 0.276 e. The first kappa shape index (κ1) is 25.0. The summed E-state index contributed by atoms with van der Waals surface area (Å²) in [6.07, 6.45) is 0. The van der Waals surface area contributed by atoms with E-state index in [0.717, 1.165) is 11.4 Å². The summed E-state index contributed by atoms with van der Waals surface area (Å²) in [5, 5.41) is 7.29. The van der Waals surface area contributed by atoms with Crippen LogP contribution in [0, 0.1) is 26.6 Å². The van der Waals surface area contributed by atoms with E-state index in [4.69, 9.17) is 4.74 Å². The first-order valence-electron chi connectivity index (χ1n) is 11.8. The number of anilines is 1. The van der Waals surface area contributed by atoms with Gasteiger partial charge in [0.2, 0.25) is 10.0 Å². The molecule has 0 radical (unpaired) electrons. The number of halogens is 1. The summed E-state index contributed by atoms with van der Waals surface area (Å²) in [5.74, 6) is -0.947. The average Bonchev–Trinajstić information content (AvgIpc) is 3.26. The van der Waals surface area contributed by atoms with Crippen LogP contribution in [0.5, 0.6) is 0 Å². The number of aryl methyl sites for hydroxylation is 3. The molecule has 0 aliphatic carbocycles. The standard InChI is InChI=1S/C26H26FN5O4S/c1-16-4-5-19(15-22(16)37(34,35)31-10-12-36-13-11-31)23-24(26(33)29-21-8-6-20(27)7-9-21)30-32-18(3)14-17(2)28-25(23)32/h4-9,14-15H,10-13H2,1-3H3,(H,29,33). The van der Waals surface area contributed by atoms with Crippen LogP contribution in [0.1, 0.15) is 27.4 Å². The molecule has 1 fully saturated rings. The monoisotopic (exact) mass is 523 g/mol. The van der Waals surface area contributed by atoms with Crippen LogP contribution in [0.2, 0.25) is 0 Å². The normalized spacial score (nSPS) is 14.7. The lowest BCUT2D eigenvalue weighted by Crippen LogP contribution is -2.40. The van der Waals surface area contributed by atoms with Gasteiger partial charge in [-0.2, -0.15) is 9.40 Å². The molecule has 1 saturated heterocycles. The molecule has 1 amide bonds. The largest absolute Gasteiger partial charge is 0.379 e. The summed E-state index contributed by atoms with van der Waals surface area (Å²) in [6.45, 7) is 6.64. The smallest absolute Gasteiger partial charge is 0.276 e. The number of nitrogens with one attached hydrogen (secondary N) is 1. The Morgan fingerprint density at radius 2 is 1.73 bits per heavy atom. The Balaban J connectivity index is 1.66. The van der Waals surface area contributed by atoms with E-state index in [1.165, 1.54) is 28.6 Å². The molecular formula is C26H26FN5O4S. The predicted molar refractivity (Wildman–Crippen MR) is 137 cm³/mol. The zero-order chi connectivity index (χ0) is 26.3. The van der Waals surface area contributed by atoms with E-state index in [1.54, 1.807) is 29.6 Å². The second-order valence-corrected chi connectivity index (χ2v) is 10.9. The molecule has 0 bridgehead atoms. The minimum atomic E-state index is -3.79. The second kappa shape index (κ2) is 9.66. The first-order valence-corrected chi connectivity index (χ1v) is 13.2. The van der Waals surface area contributed by atoms with Crippen LogP contribution in [-0.2, 0) is 14.8 Å².